The van der Waals surface area contributed by atoms with Crippen molar-refractivity contribution in [3.05, 3.63) is 35.1 Å². The molecule has 0 heterocycles. The Kier molecular flexibility index (Phi) is 4.46. The first-order valence-corrected chi connectivity index (χ1v) is 2.91. The summed E-state index contributed by atoms with van der Waals surface area (Å²) >= 11 is 0. The predicted octanol–water partition coefficient (Wildman–Crippen LogP) is 1.15. The van der Waals surface area contributed by atoms with E-state index in [0.29, 0.717) is 12.1 Å². The van der Waals surface area contributed by atoms with Crippen LogP contribution in [0.15, 0.2) is 12.1 Å². The molecule has 66 valence electrons. The summed E-state index contributed by atoms with van der Waals surface area (Å²) in [5.74, 6) is -6.48. The second kappa shape index (κ2) is 4.64. The average Bonchev–Trinajstić information content (AvgIpc) is 2.00. The topological polar surface area (TPSA) is 37.3 Å². The zero-order chi connectivity index (χ0) is 9.30. The van der Waals surface area contributed by atoms with Crippen molar-refractivity contribution in [1.29, 1.82) is 0 Å². The zero-order valence-electron chi connectivity index (χ0n) is 5.64. The molecule has 0 radical (unpaired) electrons. The fourth-order valence-electron chi connectivity index (χ4n) is 0.691. The van der Waals surface area contributed by atoms with Gasteiger partial charge in [0.2, 0.25) is 0 Å². The van der Waals surface area contributed by atoms with Gasteiger partial charge in [-0.05, 0) is 12.1 Å². The van der Waals surface area contributed by atoms with Crippen molar-refractivity contribution in [2.24, 2.45) is 0 Å². The van der Waals surface area contributed by atoms with Gasteiger partial charge in [0.1, 0.15) is 0 Å². The van der Waals surface area contributed by atoms with Crippen molar-refractivity contribution >= 4 is 35.5 Å². The van der Waals surface area contributed by atoms with Crippen LogP contribution in [0.1, 0.15) is 10.4 Å². The van der Waals surface area contributed by atoms with E-state index in [1.165, 1.54) is 0 Å². The number of aromatic carboxylic acids is 1. The van der Waals surface area contributed by atoms with Gasteiger partial charge in [-0.3, -0.25) is 0 Å². The number of rotatable bonds is 1. The summed E-state index contributed by atoms with van der Waals surface area (Å²) in [5.41, 5.74) is -0.881. The van der Waals surface area contributed by atoms with E-state index in [1.54, 1.807) is 0 Å². The van der Waals surface area contributed by atoms with Crippen molar-refractivity contribution in [2.75, 3.05) is 0 Å². The van der Waals surface area contributed by atoms with Crippen LogP contribution >= 0.6 is 0 Å². The Bertz CT molecular complexity index is 341. The van der Waals surface area contributed by atoms with Gasteiger partial charge in [0.05, 0.1) is 5.56 Å². The van der Waals surface area contributed by atoms with E-state index in [0.717, 1.165) is 0 Å². The molecule has 0 unspecified atom stereocenters. The van der Waals surface area contributed by atoms with Gasteiger partial charge in [-0.2, -0.15) is 0 Å². The fraction of sp³-hybridized carbons (Fsp3) is 0. The van der Waals surface area contributed by atoms with Gasteiger partial charge in [-0.1, -0.05) is 0 Å². The molecule has 0 amide bonds. The molecule has 1 N–H and O–H groups in total. The number of hydrogen-bond donors (Lipinski definition) is 1. The third kappa shape index (κ3) is 2.46. The van der Waals surface area contributed by atoms with E-state index >= 15 is 0 Å². The van der Waals surface area contributed by atoms with Crippen molar-refractivity contribution in [3.63, 3.8) is 0 Å². The van der Waals surface area contributed by atoms with E-state index in [9.17, 15) is 18.0 Å². The van der Waals surface area contributed by atoms with Crippen molar-refractivity contribution in [1.82, 2.24) is 0 Å². The second-order valence-corrected chi connectivity index (χ2v) is 2.03. The van der Waals surface area contributed by atoms with Gasteiger partial charge in [-0.15, -0.1) is 0 Å². The summed E-state index contributed by atoms with van der Waals surface area (Å²) in [6.07, 6.45) is 0. The quantitative estimate of drug-likeness (QED) is 0.545. The SMILES string of the molecule is O=C(O)c1ccc(F)c(F)c1F.[NaH]. The number of halogens is 3. The van der Waals surface area contributed by atoms with Crippen LogP contribution in [0.5, 0.6) is 0 Å². The van der Waals surface area contributed by atoms with E-state index in [1.807, 2.05) is 0 Å². The summed E-state index contributed by atoms with van der Waals surface area (Å²) in [6, 6.07) is 1.22. The van der Waals surface area contributed by atoms with Crippen LogP contribution < -0.4 is 0 Å². The maximum absolute atomic E-state index is 12.5. The predicted molar refractivity (Wildman–Crippen MR) is 40.4 cm³/mol. The minimum absolute atomic E-state index is 0. The fourth-order valence-corrected chi connectivity index (χ4v) is 0.691. The molecule has 0 saturated heterocycles. The molecular weight excluding hydrogens is 196 g/mol. The summed E-state index contributed by atoms with van der Waals surface area (Å²) in [6.45, 7) is 0. The Hall–Kier alpha value is -0.520. The minimum atomic E-state index is -1.77. The average molecular weight is 200 g/mol. The van der Waals surface area contributed by atoms with E-state index < -0.39 is 29.0 Å². The van der Waals surface area contributed by atoms with Crippen LogP contribution in [0, 0.1) is 17.5 Å². The van der Waals surface area contributed by atoms with Crippen LogP contribution in [-0.2, 0) is 0 Å². The molecule has 1 aromatic carbocycles. The Balaban J connectivity index is 0.00000144. The number of carbonyl (C=O) groups is 1. The number of benzene rings is 1. The molecule has 2 nitrogen and oxygen atoms in total. The van der Waals surface area contributed by atoms with Gasteiger partial charge >= 0.3 is 35.5 Å². The van der Waals surface area contributed by atoms with Crippen LogP contribution in [0.2, 0.25) is 0 Å². The Labute approximate surface area is 93.7 Å². The molecular formula is C7H4F3NaO2. The molecule has 0 aliphatic heterocycles. The van der Waals surface area contributed by atoms with Crippen molar-refractivity contribution < 1.29 is 23.1 Å². The normalized spacial score (nSPS) is 9.15. The van der Waals surface area contributed by atoms with Crippen molar-refractivity contribution in [2.45, 2.75) is 0 Å². The third-order valence-corrected chi connectivity index (χ3v) is 1.27. The number of carboxylic acid groups (broad SMARTS) is 1. The molecule has 0 aliphatic rings. The van der Waals surface area contributed by atoms with E-state index in [4.69, 9.17) is 5.11 Å². The molecule has 0 spiro atoms. The van der Waals surface area contributed by atoms with Crippen LogP contribution in [0.3, 0.4) is 0 Å². The third-order valence-electron chi connectivity index (χ3n) is 1.27. The second-order valence-electron chi connectivity index (χ2n) is 2.03. The number of hydrogen-bond acceptors (Lipinski definition) is 1. The monoisotopic (exact) mass is 200 g/mol. The van der Waals surface area contributed by atoms with Gasteiger partial charge in [0, 0.05) is 0 Å². The first-order chi connectivity index (χ1) is 5.54. The molecule has 1 aromatic rings. The molecule has 0 bridgehead atoms. The standard InChI is InChI=1S/C7H3F3O2.Na.H/c8-4-2-1-3(7(11)12)5(9)6(4)10;;/h1-2H,(H,11,12);;. The molecule has 13 heavy (non-hydrogen) atoms. The van der Waals surface area contributed by atoms with Crippen LogP contribution in [0.25, 0.3) is 0 Å². The summed E-state index contributed by atoms with van der Waals surface area (Å²) in [4.78, 5) is 10.2. The van der Waals surface area contributed by atoms with Gasteiger partial charge in [0.15, 0.2) is 17.5 Å². The first kappa shape index (κ1) is 12.5. The first-order valence-electron chi connectivity index (χ1n) is 2.91. The van der Waals surface area contributed by atoms with Gasteiger partial charge < -0.3 is 5.11 Å². The molecule has 0 atom stereocenters. The van der Waals surface area contributed by atoms with Crippen LogP contribution in [-0.4, -0.2) is 40.6 Å². The molecule has 0 aliphatic carbocycles. The van der Waals surface area contributed by atoms with E-state index in [-0.39, 0.29) is 29.6 Å². The zero-order valence-corrected chi connectivity index (χ0v) is 5.64. The van der Waals surface area contributed by atoms with Crippen LogP contribution in [0.4, 0.5) is 13.2 Å². The number of carboxylic acids is 1. The Morgan fingerprint density at radius 3 is 2.15 bits per heavy atom. The molecule has 0 aromatic heterocycles. The summed E-state index contributed by atoms with van der Waals surface area (Å²) in [7, 11) is 0. The molecule has 0 saturated carbocycles. The Morgan fingerprint density at radius 1 is 1.15 bits per heavy atom. The molecule has 1 rings (SSSR count). The van der Waals surface area contributed by atoms with Gasteiger partial charge in [0.25, 0.3) is 0 Å². The van der Waals surface area contributed by atoms with E-state index in [2.05, 4.69) is 0 Å². The maximum atomic E-state index is 12.5. The Morgan fingerprint density at radius 2 is 1.69 bits per heavy atom. The molecule has 0 fully saturated rings. The summed E-state index contributed by atoms with van der Waals surface area (Å²) < 4.78 is 37.1. The molecule has 6 heteroatoms. The van der Waals surface area contributed by atoms with Gasteiger partial charge in [-0.25, -0.2) is 18.0 Å². The van der Waals surface area contributed by atoms with Crippen molar-refractivity contribution in [3.8, 4) is 0 Å². The summed E-state index contributed by atoms with van der Waals surface area (Å²) in [5, 5.41) is 8.25.